The van der Waals surface area contributed by atoms with Crippen molar-refractivity contribution in [3.05, 3.63) is 121 Å². The van der Waals surface area contributed by atoms with Crippen LogP contribution in [0.5, 0.6) is 0 Å². The highest BCUT2D eigenvalue weighted by atomic mass is 31.1. The summed E-state index contributed by atoms with van der Waals surface area (Å²) in [5.41, 5.74) is 0. The lowest BCUT2D eigenvalue weighted by Gasteiger charge is -2.25. The normalized spacial score (nSPS) is 12.2. The van der Waals surface area contributed by atoms with E-state index in [9.17, 15) is 0 Å². The number of hydrogen-bond acceptors (Lipinski definition) is 0. The van der Waals surface area contributed by atoms with Crippen LogP contribution in [0.1, 0.15) is 96.8 Å². The standard InChI is InChI=1S/C42H56P2/c1-2-3-4-5-6-7-8-9-15-26-38(37-44(41-32-21-12-22-33-41)42-34-23-13-24-35-42)27-16-14-25-36-43(39-28-17-10-18-29-39)40-30-19-11-20-31-40/h10-13,17-24,28-35,38H,2-9,14-16,25-27,36-37H2,1H3. The van der Waals surface area contributed by atoms with E-state index in [4.69, 9.17) is 0 Å². The predicted molar refractivity (Wildman–Crippen MR) is 202 cm³/mol. The van der Waals surface area contributed by atoms with Gasteiger partial charge in [0.2, 0.25) is 0 Å². The Bertz CT molecular complexity index is 1150. The minimum absolute atomic E-state index is 0.275. The number of benzene rings is 4. The summed E-state index contributed by atoms with van der Waals surface area (Å²) in [4.78, 5) is 0. The second-order valence-electron chi connectivity index (χ2n) is 12.4. The Hall–Kier alpha value is -2.26. The average Bonchev–Trinajstić information content (AvgIpc) is 3.09. The summed E-state index contributed by atoms with van der Waals surface area (Å²) >= 11 is 0. The maximum absolute atomic E-state index is 2.38. The van der Waals surface area contributed by atoms with Crippen LogP contribution >= 0.6 is 15.8 Å². The van der Waals surface area contributed by atoms with E-state index in [0.717, 1.165) is 5.92 Å². The molecular formula is C42H56P2. The summed E-state index contributed by atoms with van der Waals surface area (Å²) in [7, 11) is -0.594. The number of hydrogen-bond donors (Lipinski definition) is 0. The van der Waals surface area contributed by atoms with Gasteiger partial charge in [-0.15, -0.1) is 0 Å². The monoisotopic (exact) mass is 622 g/mol. The smallest absolute Gasteiger partial charge is 0.0195 e. The summed E-state index contributed by atoms with van der Waals surface area (Å²) < 4.78 is 0. The molecule has 0 fully saturated rings. The molecule has 0 spiro atoms. The third-order valence-corrected chi connectivity index (χ3v) is 14.3. The summed E-state index contributed by atoms with van der Waals surface area (Å²) in [5, 5.41) is 6.13. The van der Waals surface area contributed by atoms with E-state index in [1.54, 1.807) is 10.6 Å². The van der Waals surface area contributed by atoms with E-state index in [1.807, 2.05) is 0 Å². The van der Waals surface area contributed by atoms with Crippen LogP contribution in [0.3, 0.4) is 0 Å². The fourth-order valence-corrected chi connectivity index (χ4v) is 11.5. The molecule has 0 saturated heterocycles. The highest BCUT2D eigenvalue weighted by Gasteiger charge is 2.20. The highest BCUT2D eigenvalue weighted by Crippen LogP contribution is 2.39. The van der Waals surface area contributed by atoms with Crippen molar-refractivity contribution in [1.29, 1.82) is 0 Å². The fourth-order valence-electron chi connectivity index (χ4n) is 6.41. The molecule has 0 aliphatic rings. The molecule has 0 heterocycles. The summed E-state index contributed by atoms with van der Waals surface area (Å²) in [6, 6.07) is 45.3. The molecule has 0 N–H and O–H groups in total. The molecule has 234 valence electrons. The van der Waals surface area contributed by atoms with Crippen molar-refractivity contribution in [3.8, 4) is 0 Å². The largest absolute Gasteiger partial charge is 0.0654 e. The van der Waals surface area contributed by atoms with Gasteiger partial charge < -0.3 is 0 Å². The molecule has 2 heteroatoms. The van der Waals surface area contributed by atoms with Gasteiger partial charge in [0.25, 0.3) is 0 Å². The van der Waals surface area contributed by atoms with Gasteiger partial charge in [-0.3, -0.25) is 0 Å². The Kier molecular flexibility index (Phi) is 16.9. The number of rotatable bonds is 22. The van der Waals surface area contributed by atoms with Crippen molar-refractivity contribution in [2.24, 2.45) is 5.92 Å². The van der Waals surface area contributed by atoms with Crippen LogP contribution in [0, 0.1) is 5.92 Å². The average molecular weight is 623 g/mol. The third-order valence-electron chi connectivity index (χ3n) is 8.92. The Labute approximate surface area is 272 Å². The summed E-state index contributed by atoms with van der Waals surface area (Å²) in [6.45, 7) is 2.31. The van der Waals surface area contributed by atoms with Crippen LogP contribution < -0.4 is 21.2 Å². The van der Waals surface area contributed by atoms with Crippen molar-refractivity contribution in [3.63, 3.8) is 0 Å². The van der Waals surface area contributed by atoms with Gasteiger partial charge in [0.15, 0.2) is 0 Å². The van der Waals surface area contributed by atoms with Crippen LogP contribution in [-0.2, 0) is 0 Å². The molecule has 0 aliphatic carbocycles. The summed E-state index contributed by atoms with van der Waals surface area (Å²) in [6.07, 6.45) is 22.2. The molecule has 1 unspecified atom stereocenters. The topological polar surface area (TPSA) is 0 Å². The first-order valence-electron chi connectivity index (χ1n) is 17.6. The predicted octanol–water partition coefficient (Wildman–Crippen LogP) is 11.3. The second kappa shape index (κ2) is 21.5. The molecule has 0 amide bonds. The molecule has 44 heavy (non-hydrogen) atoms. The quantitative estimate of drug-likeness (QED) is 0.0604. The molecule has 0 radical (unpaired) electrons. The Morgan fingerprint density at radius 2 is 0.727 bits per heavy atom. The molecular weight excluding hydrogens is 566 g/mol. The van der Waals surface area contributed by atoms with E-state index >= 15 is 0 Å². The zero-order valence-corrected chi connectivity index (χ0v) is 29.1. The van der Waals surface area contributed by atoms with Gasteiger partial charge >= 0.3 is 0 Å². The van der Waals surface area contributed by atoms with Crippen molar-refractivity contribution in [2.45, 2.75) is 96.8 Å². The highest BCUT2D eigenvalue weighted by molar-refractivity contribution is 7.73. The lowest BCUT2D eigenvalue weighted by molar-refractivity contribution is 0.440. The molecule has 0 aromatic heterocycles. The van der Waals surface area contributed by atoms with Crippen LogP contribution in [0.15, 0.2) is 121 Å². The first-order valence-corrected chi connectivity index (χ1v) is 20.7. The van der Waals surface area contributed by atoms with E-state index in [1.165, 1.54) is 113 Å². The van der Waals surface area contributed by atoms with Gasteiger partial charge in [0.05, 0.1) is 0 Å². The van der Waals surface area contributed by atoms with E-state index < -0.39 is 0 Å². The first-order chi connectivity index (χ1) is 21.8. The molecule has 4 rings (SSSR count). The fraction of sp³-hybridized carbons (Fsp3) is 0.429. The van der Waals surface area contributed by atoms with Crippen LogP contribution in [0.4, 0.5) is 0 Å². The molecule has 0 saturated carbocycles. The third kappa shape index (κ3) is 12.6. The van der Waals surface area contributed by atoms with Crippen molar-refractivity contribution >= 4 is 37.1 Å². The molecule has 0 bridgehead atoms. The van der Waals surface area contributed by atoms with Crippen LogP contribution in [-0.4, -0.2) is 12.3 Å². The Balaban J connectivity index is 1.33. The minimum atomic E-state index is -0.319. The lowest BCUT2D eigenvalue weighted by atomic mass is 9.96. The Morgan fingerprint density at radius 3 is 1.14 bits per heavy atom. The molecule has 4 aromatic carbocycles. The molecule has 0 aliphatic heterocycles. The minimum Gasteiger partial charge on any atom is -0.0654 e. The zero-order chi connectivity index (χ0) is 30.5. The van der Waals surface area contributed by atoms with Crippen molar-refractivity contribution < 1.29 is 0 Å². The summed E-state index contributed by atoms with van der Waals surface area (Å²) in [5.74, 6) is 0.816. The van der Waals surface area contributed by atoms with Gasteiger partial charge in [0.1, 0.15) is 0 Å². The molecule has 4 aromatic rings. The van der Waals surface area contributed by atoms with Crippen LogP contribution in [0.25, 0.3) is 0 Å². The van der Waals surface area contributed by atoms with Gasteiger partial charge in [-0.25, -0.2) is 0 Å². The lowest BCUT2D eigenvalue weighted by Crippen LogP contribution is -2.19. The van der Waals surface area contributed by atoms with Crippen molar-refractivity contribution in [1.82, 2.24) is 0 Å². The van der Waals surface area contributed by atoms with Crippen LogP contribution in [0.2, 0.25) is 0 Å². The van der Waals surface area contributed by atoms with E-state index in [0.29, 0.717) is 0 Å². The van der Waals surface area contributed by atoms with Crippen molar-refractivity contribution in [2.75, 3.05) is 12.3 Å². The second-order valence-corrected chi connectivity index (χ2v) is 17.0. The Morgan fingerprint density at radius 1 is 0.386 bits per heavy atom. The maximum atomic E-state index is 2.38. The first kappa shape index (κ1) is 34.6. The van der Waals surface area contributed by atoms with Gasteiger partial charge in [-0.2, -0.15) is 0 Å². The van der Waals surface area contributed by atoms with E-state index in [2.05, 4.69) is 128 Å². The number of unbranched alkanes of at least 4 members (excludes halogenated alkanes) is 10. The van der Waals surface area contributed by atoms with Gasteiger partial charge in [0, 0.05) is 0 Å². The maximum Gasteiger partial charge on any atom is -0.0195 e. The zero-order valence-electron chi connectivity index (χ0n) is 27.3. The van der Waals surface area contributed by atoms with E-state index in [-0.39, 0.29) is 15.8 Å². The van der Waals surface area contributed by atoms with Gasteiger partial charge in [-0.1, -0.05) is 212 Å². The molecule has 0 nitrogen and oxygen atoms in total. The molecule has 1 atom stereocenters. The van der Waals surface area contributed by atoms with Gasteiger partial charge in [-0.05, 0) is 61.7 Å². The SMILES string of the molecule is CCCCCCCCCCCC(CCCCCP(c1ccccc1)c1ccccc1)CP(c1ccccc1)c1ccccc1.